The molecular formula is C11H15NO4S2. The van der Waals surface area contributed by atoms with Crippen molar-refractivity contribution in [3.8, 4) is 0 Å². The highest BCUT2D eigenvalue weighted by Gasteiger charge is 2.60. The first-order valence-corrected chi connectivity index (χ1v) is 7.48. The molecule has 2 heterocycles. The van der Waals surface area contributed by atoms with Crippen LogP contribution >= 0.6 is 23.5 Å². The molecule has 0 spiro atoms. The molecule has 0 aromatic heterocycles. The zero-order valence-corrected chi connectivity index (χ0v) is 12.0. The summed E-state index contributed by atoms with van der Waals surface area (Å²) < 4.78 is 0.662. The number of thioether (sulfide) groups is 2. The van der Waals surface area contributed by atoms with E-state index >= 15 is 0 Å². The highest BCUT2D eigenvalue weighted by atomic mass is 32.2. The van der Waals surface area contributed by atoms with Gasteiger partial charge in [-0.3, -0.25) is 9.69 Å². The van der Waals surface area contributed by atoms with E-state index in [-0.39, 0.29) is 17.0 Å². The van der Waals surface area contributed by atoms with E-state index in [4.69, 9.17) is 0 Å². The lowest BCUT2D eigenvalue weighted by Gasteiger charge is -2.47. The second kappa shape index (κ2) is 4.47. The molecule has 1 fully saturated rings. The third-order valence-electron chi connectivity index (χ3n) is 2.94. The number of nitrogens with zero attached hydrogens (tertiary/aromatic N) is 1. The Morgan fingerprint density at radius 3 is 2.61 bits per heavy atom. The number of β-lactam (4-membered cyclic amide) rings is 1. The number of carboxylic acids is 1. The molecule has 0 radical (unpaired) electrons. The van der Waals surface area contributed by atoms with E-state index in [1.165, 1.54) is 28.4 Å². The predicted molar refractivity (Wildman–Crippen MR) is 70.8 cm³/mol. The van der Waals surface area contributed by atoms with Gasteiger partial charge in [0.15, 0.2) is 5.70 Å². The summed E-state index contributed by atoms with van der Waals surface area (Å²) in [6.07, 6.45) is 0. The predicted octanol–water partition coefficient (Wildman–Crippen LogP) is 1.30. The summed E-state index contributed by atoms with van der Waals surface area (Å²) in [5.74, 6) is -1.17. The molecule has 1 amide bonds. The van der Waals surface area contributed by atoms with Crippen molar-refractivity contribution >= 4 is 35.4 Å². The number of carbonyl (C=O) groups is 2. The molecule has 0 bridgehead atoms. The van der Waals surface area contributed by atoms with Crippen LogP contribution in [0.3, 0.4) is 0 Å². The minimum atomic E-state index is -1.12. The molecule has 5 nitrogen and oxygen atoms in total. The van der Waals surface area contributed by atoms with E-state index in [2.05, 4.69) is 0 Å². The molecular weight excluding hydrogens is 274 g/mol. The number of aliphatic carboxylic acids is 1. The lowest BCUT2D eigenvalue weighted by atomic mass is 9.83. The Labute approximate surface area is 114 Å². The Bertz CT molecular complexity index is 441. The van der Waals surface area contributed by atoms with Crippen molar-refractivity contribution in [1.82, 2.24) is 4.90 Å². The number of hydrogen-bond acceptors (Lipinski definition) is 5. The third-order valence-corrected chi connectivity index (χ3v) is 5.46. The van der Waals surface area contributed by atoms with E-state index < -0.39 is 17.5 Å². The van der Waals surface area contributed by atoms with E-state index in [0.29, 0.717) is 4.24 Å². The minimum absolute atomic E-state index is 0.0716. The number of amides is 1. The summed E-state index contributed by atoms with van der Waals surface area (Å²) in [4.78, 5) is 24.5. The highest BCUT2D eigenvalue weighted by Crippen LogP contribution is 2.55. The van der Waals surface area contributed by atoms with Gasteiger partial charge in [-0.05, 0) is 19.6 Å². The maximum absolute atomic E-state index is 12.0. The standard InChI is InChI=1S/C11H15NO4S2/c1-4-17-10-6(9(14)15)12-7(13)5(8(12)18-10)11(2,3)16/h5,8,16H,4H2,1-3H3,(H,14,15)/t5?,8-/m1/s1. The highest BCUT2D eigenvalue weighted by molar-refractivity contribution is 8.22. The van der Waals surface area contributed by atoms with Crippen LogP contribution in [0.4, 0.5) is 0 Å². The molecule has 2 aliphatic heterocycles. The molecule has 0 saturated carbocycles. The second-order valence-corrected chi connectivity index (χ2v) is 7.38. The van der Waals surface area contributed by atoms with Crippen LogP contribution in [0.15, 0.2) is 9.93 Å². The van der Waals surface area contributed by atoms with E-state index in [0.717, 1.165) is 5.75 Å². The number of rotatable bonds is 4. The van der Waals surface area contributed by atoms with Crippen molar-refractivity contribution in [2.45, 2.75) is 31.7 Å². The molecule has 1 unspecified atom stereocenters. The van der Waals surface area contributed by atoms with Gasteiger partial charge in [0, 0.05) is 0 Å². The molecule has 7 heteroatoms. The normalized spacial score (nSPS) is 27.3. The Morgan fingerprint density at radius 1 is 1.56 bits per heavy atom. The van der Waals surface area contributed by atoms with Crippen LogP contribution in [0.1, 0.15) is 20.8 Å². The molecule has 2 aliphatic rings. The molecule has 0 aromatic carbocycles. The van der Waals surface area contributed by atoms with Crippen molar-refractivity contribution < 1.29 is 19.8 Å². The fourth-order valence-corrected chi connectivity index (χ4v) is 5.08. The lowest BCUT2D eigenvalue weighted by Crippen LogP contribution is -2.64. The fourth-order valence-electron chi connectivity index (χ4n) is 2.16. The first kappa shape index (κ1) is 13.8. The van der Waals surface area contributed by atoms with Gasteiger partial charge in [0.2, 0.25) is 5.91 Å². The van der Waals surface area contributed by atoms with Crippen LogP contribution < -0.4 is 0 Å². The van der Waals surface area contributed by atoms with Gasteiger partial charge in [-0.1, -0.05) is 18.7 Å². The molecule has 18 heavy (non-hydrogen) atoms. The van der Waals surface area contributed by atoms with E-state index in [1.807, 2.05) is 6.92 Å². The maximum Gasteiger partial charge on any atom is 0.354 e. The van der Waals surface area contributed by atoms with Crippen LogP contribution in [0.5, 0.6) is 0 Å². The Balaban J connectivity index is 2.29. The van der Waals surface area contributed by atoms with Gasteiger partial charge in [-0.15, -0.1) is 11.8 Å². The molecule has 0 aliphatic carbocycles. The number of fused-ring (bicyclic) bond motifs is 1. The first-order valence-electron chi connectivity index (χ1n) is 5.61. The SMILES string of the molecule is CCSC1=C(C(=O)O)N2C(=O)C(C(C)(C)O)[C@H]2S1. The quantitative estimate of drug-likeness (QED) is 0.760. The van der Waals surface area contributed by atoms with Gasteiger partial charge in [-0.2, -0.15) is 0 Å². The fraction of sp³-hybridized carbons (Fsp3) is 0.636. The number of hydrogen-bond donors (Lipinski definition) is 2. The molecule has 2 N–H and O–H groups in total. The maximum atomic E-state index is 12.0. The van der Waals surface area contributed by atoms with Gasteiger partial charge in [0.25, 0.3) is 0 Å². The summed E-state index contributed by atoms with van der Waals surface area (Å²) in [5, 5.41) is 18.9. The smallest absolute Gasteiger partial charge is 0.354 e. The first-order chi connectivity index (χ1) is 8.29. The summed E-state index contributed by atoms with van der Waals surface area (Å²) in [6, 6.07) is 0. The number of carbonyl (C=O) groups excluding carboxylic acids is 1. The van der Waals surface area contributed by atoms with Crippen LogP contribution in [0.2, 0.25) is 0 Å². The molecule has 2 rings (SSSR count). The molecule has 100 valence electrons. The van der Waals surface area contributed by atoms with Crippen molar-refractivity contribution in [3.63, 3.8) is 0 Å². The summed E-state index contributed by atoms with van der Waals surface area (Å²) in [7, 11) is 0. The molecule has 0 aromatic rings. The van der Waals surface area contributed by atoms with Crippen molar-refractivity contribution in [1.29, 1.82) is 0 Å². The molecule has 1 saturated heterocycles. The van der Waals surface area contributed by atoms with Gasteiger partial charge in [0.05, 0.1) is 15.8 Å². The lowest BCUT2D eigenvalue weighted by molar-refractivity contribution is -0.163. The van der Waals surface area contributed by atoms with Crippen LogP contribution in [-0.4, -0.2) is 43.7 Å². The van der Waals surface area contributed by atoms with Gasteiger partial charge in [0.1, 0.15) is 5.37 Å². The average Bonchev–Trinajstić information content (AvgIpc) is 2.51. The van der Waals surface area contributed by atoms with Gasteiger partial charge >= 0.3 is 5.97 Å². The van der Waals surface area contributed by atoms with Crippen molar-refractivity contribution in [3.05, 3.63) is 9.93 Å². The van der Waals surface area contributed by atoms with E-state index in [1.54, 1.807) is 13.8 Å². The Morgan fingerprint density at radius 2 is 2.17 bits per heavy atom. The van der Waals surface area contributed by atoms with Crippen molar-refractivity contribution in [2.75, 3.05) is 5.75 Å². The summed E-state index contributed by atoms with van der Waals surface area (Å²) in [5.41, 5.74) is -1.05. The summed E-state index contributed by atoms with van der Waals surface area (Å²) >= 11 is 2.79. The van der Waals surface area contributed by atoms with Crippen molar-refractivity contribution in [2.24, 2.45) is 5.92 Å². The van der Waals surface area contributed by atoms with Crippen LogP contribution in [0.25, 0.3) is 0 Å². The van der Waals surface area contributed by atoms with Gasteiger partial charge < -0.3 is 10.2 Å². The van der Waals surface area contributed by atoms with E-state index in [9.17, 15) is 19.8 Å². The zero-order valence-electron chi connectivity index (χ0n) is 10.3. The third kappa shape index (κ3) is 1.94. The minimum Gasteiger partial charge on any atom is -0.477 e. The number of aliphatic hydroxyl groups is 1. The van der Waals surface area contributed by atoms with Gasteiger partial charge in [-0.25, -0.2) is 4.79 Å². The Hall–Kier alpha value is -0.660. The Kier molecular flexibility index (Phi) is 3.42. The second-order valence-electron chi connectivity index (χ2n) is 4.72. The van der Waals surface area contributed by atoms with Crippen LogP contribution in [0, 0.1) is 5.92 Å². The monoisotopic (exact) mass is 289 g/mol. The zero-order chi connectivity index (χ0) is 13.7. The molecule has 2 atom stereocenters. The topological polar surface area (TPSA) is 77.8 Å². The largest absolute Gasteiger partial charge is 0.477 e. The number of carboxylic acid groups (broad SMARTS) is 1. The van der Waals surface area contributed by atoms with Crippen LogP contribution in [-0.2, 0) is 9.59 Å². The average molecular weight is 289 g/mol. The summed E-state index contributed by atoms with van der Waals surface area (Å²) in [6.45, 7) is 5.10.